The fourth-order valence-electron chi connectivity index (χ4n) is 2.17. The van der Waals surface area contributed by atoms with Gasteiger partial charge in [0.2, 0.25) is 5.91 Å². The molecule has 1 aliphatic heterocycles. The van der Waals surface area contributed by atoms with E-state index < -0.39 is 0 Å². The SMILES string of the molecule is C=CCNC(=O)C1CCN(c2ccc(Cl)nn2)CC1. The van der Waals surface area contributed by atoms with Crippen LogP contribution in [0.5, 0.6) is 0 Å². The van der Waals surface area contributed by atoms with Gasteiger partial charge in [-0.2, -0.15) is 0 Å². The zero-order valence-electron chi connectivity index (χ0n) is 10.7. The second kappa shape index (κ2) is 6.52. The van der Waals surface area contributed by atoms with E-state index in [0.717, 1.165) is 31.7 Å². The molecule has 0 radical (unpaired) electrons. The van der Waals surface area contributed by atoms with Gasteiger partial charge >= 0.3 is 0 Å². The molecule has 2 rings (SSSR count). The molecule has 102 valence electrons. The molecule has 1 aromatic heterocycles. The van der Waals surface area contributed by atoms with Crippen LogP contribution in [0.4, 0.5) is 5.82 Å². The molecule has 1 amide bonds. The lowest BCUT2D eigenvalue weighted by molar-refractivity contribution is -0.125. The lowest BCUT2D eigenvalue weighted by Crippen LogP contribution is -2.40. The van der Waals surface area contributed by atoms with Crippen LogP contribution in [0.2, 0.25) is 5.15 Å². The molecule has 19 heavy (non-hydrogen) atoms. The number of piperidine rings is 1. The highest BCUT2D eigenvalue weighted by atomic mass is 35.5. The van der Waals surface area contributed by atoms with Crippen LogP contribution in [0.15, 0.2) is 24.8 Å². The third-order valence-electron chi connectivity index (χ3n) is 3.23. The Balaban J connectivity index is 1.86. The molecule has 1 aliphatic rings. The first kappa shape index (κ1) is 13.8. The standard InChI is InChI=1S/C13H17ClN4O/c1-2-7-15-13(19)10-5-8-18(9-6-10)12-4-3-11(14)16-17-12/h2-4,10H,1,5-9H2,(H,15,19). The second-order valence-electron chi connectivity index (χ2n) is 4.51. The average Bonchev–Trinajstić information content (AvgIpc) is 2.46. The van der Waals surface area contributed by atoms with Crippen LogP contribution in [-0.4, -0.2) is 35.7 Å². The molecule has 0 bridgehead atoms. The minimum Gasteiger partial charge on any atom is -0.355 e. The van der Waals surface area contributed by atoms with Gasteiger partial charge < -0.3 is 10.2 Å². The van der Waals surface area contributed by atoms with Crippen molar-refractivity contribution in [3.63, 3.8) is 0 Å². The Hall–Kier alpha value is -1.62. The number of nitrogens with zero attached hydrogens (tertiary/aromatic N) is 3. The Morgan fingerprint density at radius 1 is 1.47 bits per heavy atom. The van der Waals surface area contributed by atoms with Gasteiger partial charge in [0.1, 0.15) is 0 Å². The first-order valence-corrected chi connectivity index (χ1v) is 6.71. The molecule has 1 N–H and O–H groups in total. The van der Waals surface area contributed by atoms with Crippen molar-refractivity contribution in [3.8, 4) is 0 Å². The van der Waals surface area contributed by atoms with Crippen molar-refractivity contribution in [2.75, 3.05) is 24.5 Å². The fourth-order valence-corrected chi connectivity index (χ4v) is 2.27. The maximum Gasteiger partial charge on any atom is 0.223 e. The molecule has 6 heteroatoms. The van der Waals surface area contributed by atoms with E-state index in [2.05, 4.69) is 27.0 Å². The molecule has 0 aromatic carbocycles. The van der Waals surface area contributed by atoms with Crippen LogP contribution in [0, 0.1) is 5.92 Å². The Morgan fingerprint density at radius 3 is 2.79 bits per heavy atom. The predicted molar refractivity (Wildman–Crippen MR) is 75.2 cm³/mol. The summed E-state index contributed by atoms with van der Waals surface area (Å²) in [5, 5.41) is 11.1. The Morgan fingerprint density at radius 2 is 2.21 bits per heavy atom. The predicted octanol–water partition coefficient (Wildman–Crippen LogP) is 1.65. The summed E-state index contributed by atoms with van der Waals surface area (Å²) < 4.78 is 0. The van der Waals surface area contributed by atoms with Crippen molar-refractivity contribution < 1.29 is 4.79 Å². The summed E-state index contributed by atoms with van der Waals surface area (Å²) in [6, 6.07) is 3.58. The molecule has 5 nitrogen and oxygen atoms in total. The molecule has 0 unspecified atom stereocenters. The lowest BCUT2D eigenvalue weighted by Gasteiger charge is -2.31. The number of aromatic nitrogens is 2. The fraction of sp³-hybridized carbons (Fsp3) is 0.462. The molecular formula is C13H17ClN4O. The number of carbonyl (C=O) groups excluding carboxylic acids is 1. The van der Waals surface area contributed by atoms with Crippen LogP contribution >= 0.6 is 11.6 Å². The van der Waals surface area contributed by atoms with Gasteiger partial charge in [0.05, 0.1) is 0 Å². The van der Waals surface area contributed by atoms with Crippen LogP contribution in [0.25, 0.3) is 0 Å². The van der Waals surface area contributed by atoms with E-state index in [1.54, 1.807) is 12.1 Å². The van der Waals surface area contributed by atoms with E-state index in [1.807, 2.05) is 6.07 Å². The summed E-state index contributed by atoms with van der Waals surface area (Å²) in [6.07, 6.45) is 3.34. The van der Waals surface area contributed by atoms with Crippen molar-refractivity contribution in [1.82, 2.24) is 15.5 Å². The summed E-state index contributed by atoms with van der Waals surface area (Å²) in [5.74, 6) is 1.01. The van der Waals surface area contributed by atoms with Gasteiger partial charge in [-0.05, 0) is 25.0 Å². The molecular weight excluding hydrogens is 264 g/mol. The third kappa shape index (κ3) is 3.67. The van der Waals surface area contributed by atoms with Crippen molar-refractivity contribution in [1.29, 1.82) is 0 Å². The van der Waals surface area contributed by atoms with E-state index in [1.165, 1.54) is 0 Å². The van der Waals surface area contributed by atoms with Gasteiger partial charge in [-0.3, -0.25) is 4.79 Å². The number of hydrogen-bond acceptors (Lipinski definition) is 4. The van der Waals surface area contributed by atoms with Gasteiger partial charge in [0.15, 0.2) is 11.0 Å². The highest BCUT2D eigenvalue weighted by Gasteiger charge is 2.25. The number of halogens is 1. The minimum absolute atomic E-state index is 0.0801. The highest BCUT2D eigenvalue weighted by molar-refractivity contribution is 6.29. The summed E-state index contributed by atoms with van der Waals surface area (Å²) >= 11 is 5.71. The second-order valence-corrected chi connectivity index (χ2v) is 4.90. The Labute approximate surface area is 117 Å². The normalized spacial score (nSPS) is 16.2. The largest absolute Gasteiger partial charge is 0.355 e. The average molecular weight is 281 g/mol. The van der Waals surface area contributed by atoms with Gasteiger partial charge in [-0.1, -0.05) is 17.7 Å². The minimum atomic E-state index is 0.0801. The van der Waals surface area contributed by atoms with E-state index in [-0.39, 0.29) is 11.8 Å². The molecule has 2 heterocycles. The quantitative estimate of drug-likeness (QED) is 0.852. The number of amides is 1. The Kier molecular flexibility index (Phi) is 4.74. The number of nitrogens with one attached hydrogen (secondary N) is 1. The van der Waals surface area contributed by atoms with Gasteiger partial charge in [-0.15, -0.1) is 16.8 Å². The van der Waals surface area contributed by atoms with E-state index in [9.17, 15) is 4.79 Å². The molecule has 0 aliphatic carbocycles. The van der Waals surface area contributed by atoms with Gasteiger partial charge in [-0.25, -0.2) is 0 Å². The number of anilines is 1. The highest BCUT2D eigenvalue weighted by Crippen LogP contribution is 2.21. The zero-order chi connectivity index (χ0) is 13.7. The van der Waals surface area contributed by atoms with E-state index in [0.29, 0.717) is 11.7 Å². The van der Waals surface area contributed by atoms with Gasteiger partial charge in [0.25, 0.3) is 0 Å². The molecule has 1 aromatic rings. The Bertz CT molecular complexity index is 440. The van der Waals surface area contributed by atoms with E-state index >= 15 is 0 Å². The maximum atomic E-state index is 11.8. The topological polar surface area (TPSA) is 58.1 Å². The summed E-state index contributed by atoms with van der Waals surface area (Å²) in [6.45, 7) is 5.73. The number of carbonyl (C=O) groups is 1. The maximum absolute atomic E-state index is 11.8. The molecule has 0 atom stereocenters. The van der Waals surface area contributed by atoms with Crippen molar-refractivity contribution in [2.24, 2.45) is 5.92 Å². The van der Waals surface area contributed by atoms with Crippen molar-refractivity contribution >= 4 is 23.3 Å². The smallest absolute Gasteiger partial charge is 0.223 e. The van der Waals surface area contributed by atoms with Crippen molar-refractivity contribution in [3.05, 3.63) is 29.9 Å². The lowest BCUT2D eigenvalue weighted by atomic mass is 9.96. The summed E-state index contributed by atoms with van der Waals surface area (Å²) in [7, 11) is 0. The zero-order valence-corrected chi connectivity index (χ0v) is 11.4. The number of rotatable bonds is 4. The monoisotopic (exact) mass is 280 g/mol. The van der Waals surface area contributed by atoms with Crippen molar-refractivity contribution in [2.45, 2.75) is 12.8 Å². The summed E-state index contributed by atoms with van der Waals surface area (Å²) in [4.78, 5) is 13.9. The first-order chi connectivity index (χ1) is 9.20. The third-order valence-corrected chi connectivity index (χ3v) is 3.43. The summed E-state index contributed by atoms with van der Waals surface area (Å²) in [5.41, 5.74) is 0. The number of hydrogen-bond donors (Lipinski definition) is 1. The van der Waals surface area contributed by atoms with Crippen LogP contribution in [0.3, 0.4) is 0 Å². The molecule has 0 saturated carbocycles. The van der Waals surface area contributed by atoms with E-state index in [4.69, 9.17) is 11.6 Å². The van der Waals surface area contributed by atoms with Crippen LogP contribution in [-0.2, 0) is 4.79 Å². The molecule has 0 spiro atoms. The van der Waals surface area contributed by atoms with Gasteiger partial charge in [0, 0.05) is 25.6 Å². The molecule has 1 saturated heterocycles. The molecule has 1 fully saturated rings. The first-order valence-electron chi connectivity index (χ1n) is 6.33. The van der Waals surface area contributed by atoms with Crippen LogP contribution in [0.1, 0.15) is 12.8 Å². The van der Waals surface area contributed by atoms with Crippen LogP contribution < -0.4 is 10.2 Å².